The lowest BCUT2D eigenvalue weighted by atomic mass is 10.2. The minimum atomic E-state index is -0.0517. The molecule has 0 saturated carbocycles. The minimum absolute atomic E-state index is 0.0517. The van der Waals surface area contributed by atoms with Gasteiger partial charge in [-0.05, 0) is 13.8 Å². The molecule has 1 aromatic heterocycles. The van der Waals surface area contributed by atoms with Crippen molar-refractivity contribution in [3.05, 3.63) is 18.2 Å². The zero-order valence-corrected chi connectivity index (χ0v) is 10.5. The Balaban J connectivity index is 2.01. The number of imidazole rings is 1. The fourth-order valence-corrected chi connectivity index (χ4v) is 2.18. The van der Waals surface area contributed by atoms with Crippen LogP contribution in [0.4, 0.5) is 0 Å². The van der Waals surface area contributed by atoms with E-state index in [1.165, 1.54) is 5.69 Å². The van der Waals surface area contributed by atoms with Crippen LogP contribution in [0, 0.1) is 0 Å². The van der Waals surface area contributed by atoms with Gasteiger partial charge in [-0.3, -0.25) is 4.90 Å². The van der Waals surface area contributed by atoms with Crippen molar-refractivity contribution in [2.45, 2.75) is 39.1 Å². The molecule has 1 saturated heterocycles. The van der Waals surface area contributed by atoms with Crippen LogP contribution in [-0.2, 0) is 17.8 Å². The maximum Gasteiger partial charge on any atom is 0.0948 e. The fourth-order valence-electron chi connectivity index (χ4n) is 2.18. The van der Waals surface area contributed by atoms with Crippen LogP contribution in [0.3, 0.4) is 0 Å². The van der Waals surface area contributed by atoms with Gasteiger partial charge in [0, 0.05) is 31.9 Å². The molecule has 5 heteroatoms. The summed E-state index contributed by atoms with van der Waals surface area (Å²) in [5.41, 5.74) is 1.22. The summed E-state index contributed by atoms with van der Waals surface area (Å²) >= 11 is 0. The van der Waals surface area contributed by atoms with E-state index in [0.29, 0.717) is 12.6 Å². The molecule has 1 aliphatic heterocycles. The summed E-state index contributed by atoms with van der Waals surface area (Å²) in [7, 11) is 0. The van der Waals surface area contributed by atoms with Gasteiger partial charge in [-0.15, -0.1) is 0 Å². The molecule has 96 valence electrons. The third kappa shape index (κ3) is 2.86. The number of morpholine rings is 1. The lowest BCUT2D eigenvalue weighted by Gasteiger charge is -2.37. The van der Waals surface area contributed by atoms with Crippen molar-refractivity contribution in [1.29, 1.82) is 0 Å². The Labute approximate surface area is 102 Å². The van der Waals surface area contributed by atoms with Crippen LogP contribution in [0.2, 0.25) is 0 Å². The zero-order chi connectivity index (χ0) is 12.3. The van der Waals surface area contributed by atoms with Gasteiger partial charge >= 0.3 is 0 Å². The van der Waals surface area contributed by atoms with Gasteiger partial charge in [0.1, 0.15) is 0 Å². The zero-order valence-electron chi connectivity index (χ0n) is 10.5. The van der Waals surface area contributed by atoms with E-state index in [0.717, 1.165) is 19.6 Å². The Bertz CT molecular complexity index is 353. The van der Waals surface area contributed by atoms with E-state index in [4.69, 9.17) is 9.84 Å². The molecule has 0 spiro atoms. The maximum absolute atomic E-state index is 9.15. The largest absolute Gasteiger partial charge is 0.394 e. The van der Waals surface area contributed by atoms with Gasteiger partial charge in [-0.2, -0.15) is 0 Å². The number of hydrogen-bond acceptors (Lipinski definition) is 4. The maximum atomic E-state index is 9.15. The van der Waals surface area contributed by atoms with Crippen LogP contribution in [0.25, 0.3) is 0 Å². The normalized spacial score (nSPS) is 26.3. The standard InChI is InChI=1S/C12H21N3O2/c1-3-14-9-13-4-11(14)5-15-6-12(7-16)17-8-10(15)2/h4,9-10,12,16H,3,5-8H2,1-2H3. The highest BCUT2D eigenvalue weighted by molar-refractivity contribution is 4.99. The fraction of sp³-hybridized carbons (Fsp3) is 0.750. The molecule has 1 N–H and O–H groups in total. The molecule has 1 aliphatic rings. The molecule has 2 rings (SSSR count). The number of ether oxygens (including phenoxy) is 1. The highest BCUT2D eigenvalue weighted by Gasteiger charge is 2.26. The lowest BCUT2D eigenvalue weighted by Crippen LogP contribution is -2.49. The second kappa shape index (κ2) is 5.62. The third-order valence-electron chi connectivity index (χ3n) is 3.34. The minimum Gasteiger partial charge on any atom is -0.394 e. The average Bonchev–Trinajstić information content (AvgIpc) is 2.79. The van der Waals surface area contributed by atoms with E-state index in [1.807, 2.05) is 12.5 Å². The van der Waals surface area contributed by atoms with E-state index in [2.05, 4.69) is 28.3 Å². The molecule has 0 amide bonds. The molecule has 1 aromatic rings. The highest BCUT2D eigenvalue weighted by atomic mass is 16.5. The number of nitrogens with zero attached hydrogens (tertiary/aromatic N) is 3. The SMILES string of the molecule is CCn1cncc1CN1CC(CO)OCC1C. The quantitative estimate of drug-likeness (QED) is 0.830. The van der Waals surface area contributed by atoms with Crippen LogP contribution in [-0.4, -0.2) is 51.5 Å². The van der Waals surface area contributed by atoms with Crippen LogP contribution in [0.15, 0.2) is 12.5 Å². The number of aliphatic hydroxyl groups excluding tert-OH is 1. The predicted molar refractivity (Wildman–Crippen MR) is 64.6 cm³/mol. The van der Waals surface area contributed by atoms with Crippen LogP contribution in [0.5, 0.6) is 0 Å². The predicted octanol–water partition coefficient (Wildman–Crippen LogP) is 0.485. The first kappa shape index (κ1) is 12.5. The summed E-state index contributed by atoms with van der Waals surface area (Å²) in [6.45, 7) is 7.64. The molecule has 17 heavy (non-hydrogen) atoms. The third-order valence-corrected chi connectivity index (χ3v) is 3.34. The van der Waals surface area contributed by atoms with E-state index in [1.54, 1.807) is 0 Å². The Morgan fingerprint density at radius 1 is 1.59 bits per heavy atom. The van der Waals surface area contributed by atoms with E-state index < -0.39 is 0 Å². The number of aryl methyl sites for hydroxylation is 1. The molecular formula is C12H21N3O2. The molecular weight excluding hydrogens is 218 g/mol. The van der Waals surface area contributed by atoms with Crippen molar-refractivity contribution >= 4 is 0 Å². The summed E-state index contributed by atoms with van der Waals surface area (Å²) in [6, 6.07) is 0.387. The summed E-state index contributed by atoms with van der Waals surface area (Å²) in [6.07, 6.45) is 3.73. The summed E-state index contributed by atoms with van der Waals surface area (Å²) < 4.78 is 7.68. The molecule has 2 heterocycles. The van der Waals surface area contributed by atoms with Crippen molar-refractivity contribution in [3.8, 4) is 0 Å². The topological polar surface area (TPSA) is 50.5 Å². The highest BCUT2D eigenvalue weighted by Crippen LogP contribution is 2.15. The lowest BCUT2D eigenvalue weighted by molar-refractivity contribution is -0.0810. The Morgan fingerprint density at radius 2 is 2.41 bits per heavy atom. The van der Waals surface area contributed by atoms with Gasteiger partial charge in [0.25, 0.3) is 0 Å². The van der Waals surface area contributed by atoms with Crippen molar-refractivity contribution in [2.24, 2.45) is 0 Å². The first-order chi connectivity index (χ1) is 8.24. The first-order valence-corrected chi connectivity index (χ1v) is 6.20. The number of aliphatic hydroxyl groups is 1. The van der Waals surface area contributed by atoms with Gasteiger partial charge in [-0.1, -0.05) is 0 Å². The van der Waals surface area contributed by atoms with Gasteiger partial charge in [0.05, 0.1) is 31.3 Å². The van der Waals surface area contributed by atoms with Crippen molar-refractivity contribution < 1.29 is 9.84 Å². The molecule has 0 bridgehead atoms. The van der Waals surface area contributed by atoms with Crippen molar-refractivity contribution in [2.75, 3.05) is 19.8 Å². The van der Waals surface area contributed by atoms with E-state index in [-0.39, 0.29) is 12.7 Å². The van der Waals surface area contributed by atoms with E-state index in [9.17, 15) is 0 Å². The summed E-state index contributed by atoms with van der Waals surface area (Å²) in [5.74, 6) is 0. The van der Waals surface area contributed by atoms with Gasteiger partial charge in [0.2, 0.25) is 0 Å². The molecule has 1 fully saturated rings. The van der Waals surface area contributed by atoms with Gasteiger partial charge < -0.3 is 14.4 Å². The number of rotatable bonds is 4. The monoisotopic (exact) mass is 239 g/mol. The second-order valence-electron chi connectivity index (χ2n) is 4.59. The van der Waals surface area contributed by atoms with Crippen LogP contribution in [0.1, 0.15) is 19.5 Å². The van der Waals surface area contributed by atoms with Crippen LogP contribution >= 0.6 is 0 Å². The molecule has 2 atom stereocenters. The molecule has 0 aromatic carbocycles. The first-order valence-electron chi connectivity index (χ1n) is 6.20. The summed E-state index contributed by atoms with van der Waals surface area (Å²) in [5, 5.41) is 9.15. The molecule has 2 unspecified atom stereocenters. The van der Waals surface area contributed by atoms with Crippen LogP contribution < -0.4 is 0 Å². The smallest absolute Gasteiger partial charge is 0.0948 e. The molecule has 5 nitrogen and oxygen atoms in total. The van der Waals surface area contributed by atoms with Crippen molar-refractivity contribution in [1.82, 2.24) is 14.5 Å². The molecule has 0 aliphatic carbocycles. The van der Waals surface area contributed by atoms with Crippen molar-refractivity contribution in [3.63, 3.8) is 0 Å². The van der Waals surface area contributed by atoms with Gasteiger partial charge in [0.15, 0.2) is 0 Å². The average molecular weight is 239 g/mol. The Hall–Kier alpha value is -0.910. The Morgan fingerprint density at radius 3 is 3.12 bits per heavy atom. The Kier molecular flexibility index (Phi) is 4.15. The number of aromatic nitrogens is 2. The van der Waals surface area contributed by atoms with Gasteiger partial charge in [-0.25, -0.2) is 4.98 Å². The molecule has 0 radical (unpaired) electrons. The van der Waals surface area contributed by atoms with E-state index >= 15 is 0 Å². The number of hydrogen-bond donors (Lipinski definition) is 1. The summed E-state index contributed by atoms with van der Waals surface area (Å²) in [4.78, 5) is 6.52. The second-order valence-corrected chi connectivity index (χ2v) is 4.59.